The number of nitrogens with zero attached hydrogens (tertiary/aromatic N) is 2. The van der Waals surface area contributed by atoms with Crippen LogP contribution in [0.1, 0.15) is 6.42 Å². The number of carbonyl (C=O) groups excluding carboxylic acids is 1. The standard InChI is InChI=1S/C12H12ClN3O/c13-9-1-3-10(4-2-9)16-8-7-15-11(5-6-14)12(16)17/h1-4,11,15H,5,7-8H2. The second-order valence-electron chi connectivity index (χ2n) is 3.84. The van der Waals surface area contributed by atoms with Crippen molar-refractivity contribution in [1.29, 1.82) is 5.26 Å². The molecule has 0 radical (unpaired) electrons. The SMILES string of the molecule is N#CCC1NCCN(c2ccc(Cl)cc2)C1=O. The van der Waals surface area contributed by atoms with E-state index in [1.165, 1.54) is 0 Å². The highest BCUT2D eigenvalue weighted by Crippen LogP contribution is 2.20. The van der Waals surface area contributed by atoms with Crippen LogP contribution in [0.25, 0.3) is 0 Å². The van der Waals surface area contributed by atoms with Crippen LogP contribution in [0.2, 0.25) is 5.02 Å². The van der Waals surface area contributed by atoms with Crippen molar-refractivity contribution in [1.82, 2.24) is 5.32 Å². The molecular weight excluding hydrogens is 238 g/mol. The van der Waals surface area contributed by atoms with E-state index in [-0.39, 0.29) is 12.3 Å². The predicted molar refractivity (Wildman–Crippen MR) is 65.8 cm³/mol. The van der Waals surface area contributed by atoms with Gasteiger partial charge in [-0.1, -0.05) is 11.6 Å². The maximum Gasteiger partial charge on any atom is 0.245 e. The number of rotatable bonds is 2. The summed E-state index contributed by atoms with van der Waals surface area (Å²) in [6.45, 7) is 1.31. The molecule has 1 heterocycles. The van der Waals surface area contributed by atoms with Gasteiger partial charge in [0.05, 0.1) is 12.5 Å². The first kappa shape index (κ1) is 11.9. The third-order valence-electron chi connectivity index (χ3n) is 2.72. The molecule has 0 bridgehead atoms. The third kappa shape index (κ3) is 2.57. The minimum absolute atomic E-state index is 0.0554. The second kappa shape index (κ2) is 5.17. The van der Waals surface area contributed by atoms with Crippen LogP contribution in [-0.4, -0.2) is 25.0 Å². The lowest BCUT2D eigenvalue weighted by Crippen LogP contribution is -2.55. The summed E-state index contributed by atoms with van der Waals surface area (Å²) in [6, 6.07) is 8.76. The number of hydrogen-bond donors (Lipinski definition) is 1. The number of carbonyl (C=O) groups is 1. The Labute approximate surface area is 105 Å². The Hall–Kier alpha value is -1.57. The molecule has 0 saturated carbocycles. The van der Waals surface area contributed by atoms with Crippen LogP contribution < -0.4 is 10.2 Å². The van der Waals surface area contributed by atoms with Gasteiger partial charge in [0.15, 0.2) is 0 Å². The van der Waals surface area contributed by atoms with Gasteiger partial charge < -0.3 is 10.2 Å². The normalized spacial score (nSPS) is 20.1. The quantitative estimate of drug-likeness (QED) is 0.865. The number of nitrogens with one attached hydrogen (secondary N) is 1. The molecule has 1 aromatic rings. The highest BCUT2D eigenvalue weighted by molar-refractivity contribution is 6.30. The average molecular weight is 250 g/mol. The summed E-state index contributed by atoms with van der Waals surface area (Å²) >= 11 is 5.81. The van der Waals surface area contributed by atoms with E-state index in [1.807, 2.05) is 18.2 Å². The summed E-state index contributed by atoms with van der Waals surface area (Å²) in [5, 5.41) is 12.3. The fourth-order valence-corrected chi connectivity index (χ4v) is 1.99. The molecule has 1 aliphatic rings. The lowest BCUT2D eigenvalue weighted by Gasteiger charge is -2.32. The van der Waals surface area contributed by atoms with Gasteiger partial charge in [-0.2, -0.15) is 5.26 Å². The van der Waals surface area contributed by atoms with E-state index in [0.717, 1.165) is 5.69 Å². The first-order chi connectivity index (χ1) is 8.22. The minimum Gasteiger partial charge on any atom is -0.310 e. The number of piperazine rings is 1. The Morgan fingerprint density at radius 2 is 2.18 bits per heavy atom. The van der Waals surface area contributed by atoms with Crippen LogP contribution in [0.4, 0.5) is 5.69 Å². The summed E-state index contributed by atoms with van der Waals surface area (Å²) < 4.78 is 0. The molecule has 1 aliphatic heterocycles. The summed E-state index contributed by atoms with van der Waals surface area (Å²) in [6.07, 6.45) is 0.197. The fraction of sp³-hybridized carbons (Fsp3) is 0.333. The van der Waals surface area contributed by atoms with Crippen molar-refractivity contribution in [2.75, 3.05) is 18.0 Å². The molecule has 1 aromatic carbocycles. The lowest BCUT2D eigenvalue weighted by molar-refractivity contribution is -0.121. The predicted octanol–water partition coefficient (Wildman–Crippen LogP) is 1.56. The van der Waals surface area contributed by atoms with Crippen molar-refractivity contribution in [3.8, 4) is 6.07 Å². The Bertz CT molecular complexity index is 452. The molecular formula is C12H12ClN3O. The van der Waals surface area contributed by atoms with Gasteiger partial charge >= 0.3 is 0 Å². The summed E-state index contributed by atoms with van der Waals surface area (Å²) in [5.74, 6) is -0.0554. The Morgan fingerprint density at radius 1 is 1.47 bits per heavy atom. The Kier molecular flexibility index (Phi) is 3.62. The van der Waals surface area contributed by atoms with E-state index >= 15 is 0 Å². The van der Waals surface area contributed by atoms with Gasteiger partial charge in [0.25, 0.3) is 0 Å². The maximum atomic E-state index is 12.1. The molecule has 1 fully saturated rings. The van der Waals surface area contributed by atoms with Crippen LogP contribution >= 0.6 is 11.6 Å². The third-order valence-corrected chi connectivity index (χ3v) is 2.98. The maximum absolute atomic E-state index is 12.1. The van der Waals surface area contributed by atoms with Crippen LogP contribution in [0.5, 0.6) is 0 Å². The Morgan fingerprint density at radius 3 is 2.82 bits per heavy atom. The molecule has 0 aliphatic carbocycles. The van der Waals surface area contributed by atoms with Crippen molar-refractivity contribution >= 4 is 23.2 Å². The van der Waals surface area contributed by atoms with Gasteiger partial charge in [0.2, 0.25) is 5.91 Å². The van der Waals surface area contributed by atoms with E-state index in [2.05, 4.69) is 5.32 Å². The van der Waals surface area contributed by atoms with Crippen LogP contribution in [-0.2, 0) is 4.79 Å². The second-order valence-corrected chi connectivity index (χ2v) is 4.27. The van der Waals surface area contributed by atoms with Crippen LogP contribution in [0.15, 0.2) is 24.3 Å². The first-order valence-electron chi connectivity index (χ1n) is 5.39. The zero-order chi connectivity index (χ0) is 12.3. The monoisotopic (exact) mass is 249 g/mol. The largest absolute Gasteiger partial charge is 0.310 e. The molecule has 1 unspecified atom stereocenters. The van der Waals surface area contributed by atoms with Crippen molar-refractivity contribution in [3.63, 3.8) is 0 Å². The molecule has 5 heteroatoms. The number of benzene rings is 1. The van der Waals surface area contributed by atoms with E-state index < -0.39 is 6.04 Å². The number of anilines is 1. The molecule has 2 rings (SSSR count). The van der Waals surface area contributed by atoms with Crippen molar-refractivity contribution in [3.05, 3.63) is 29.3 Å². The highest BCUT2D eigenvalue weighted by atomic mass is 35.5. The van der Waals surface area contributed by atoms with Gasteiger partial charge in [0.1, 0.15) is 6.04 Å². The number of halogens is 1. The highest BCUT2D eigenvalue weighted by Gasteiger charge is 2.28. The van der Waals surface area contributed by atoms with Gasteiger partial charge in [0, 0.05) is 23.8 Å². The molecule has 17 heavy (non-hydrogen) atoms. The molecule has 1 atom stereocenters. The van der Waals surface area contributed by atoms with Gasteiger partial charge in [-0.25, -0.2) is 0 Å². The molecule has 4 nitrogen and oxygen atoms in total. The molecule has 1 N–H and O–H groups in total. The molecule has 1 saturated heterocycles. The zero-order valence-corrected chi connectivity index (χ0v) is 9.94. The summed E-state index contributed by atoms with van der Waals surface area (Å²) in [4.78, 5) is 13.8. The Balaban J connectivity index is 2.18. The van der Waals surface area contributed by atoms with Crippen molar-refractivity contribution in [2.24, 2.45) is 0 Å². The average Bonchev–Trinajstić information content (AvgIpc) is 2.34. The van der Waals surface area contributed by atoms with Gasteiger partial charge in [-0.05, 0) is 24.3 Å². The van der Waals surface area contributed by atoms with Crippen molar-refractivity contribution < 1.29 is 4.79 Å². The van der Waals surface area contributed by atoms with Crippen LogP contribution in [0.3, 0.4) is 0 Å². The summed E-state index contributed by atoms with van der Waals surface area (Å²) in [7, 11) is 0. The smallest absolute Gasteiger partial charge is 0.245 e. The van der Waals surface area contributed by atoms with Crippen LogP contribution in [0, 0.1) is 11.3 Å². The van der Waals surface area contributed by atoms with E-state index in [0.29, 0.717) is 18.1 Å². The van der Waals surface area contributed by atoms with E-state index in [1.54, 1.807) is 17.0 Å². The van der Waals surface area contributed by atoms with Crippen molar-refractivity contribution in [2.45, 2.75) is 12.5 Å². The number of hydrogen-bond acceptors (Lipinski definition) is 3. The topological polar surface area (TPSA) is 56.1 Å². The molecule has 88 valence electrons. The number of amides is 1. The zero-order valence-electron chi connectivity index (χ0n) is 9.19. The molecule has 1 amide bonds. The molecule has 0 spiro atoms. The van der Waals surface area contributed by atoms with Gasteiger partial charge in [-0.15, -0.1) is 0 Å². The number of nitriles is 1. The molecule has 0 aromatic heterocycles. The fourth-order valence-electron chi connectivity index (χ4n) is 1.86. The van der Waals surface area contributed by atoms with E-state index in [9.17, 15) is 4.79 Å². The minimum atomic E-state index is -0.399. The van der Waals surface area contributed by atoms with E-state index in [4.69, 9.17) is 16.9 Å². The van der Waals surface area contributed by atoms with Gasteiger partial charge in [-0.3, -0.25) is 4.79 Å². The summed E-state index contributed by atoms with van der Waals surface area (Å²) in [5.41, 5.74) is 0.823. The first-order valence-corrected chi connectivity index (χ1v) is 5.77. The lowest BCUT2D eigenvalue weighted by atomic mass is 10.1.